The predicted octanol–water partition coefficient (Wildman–Crippen LogP) is 0.936. The Morgan fingerprint density at radius 2 is 2.00 bits per heavy atom. The van der Waals surface area contributed by atoms with Gasteiger partial charge in [-0.15, -0.1) is 0 Å². The van der Waals surface area contributed by atoms with Gasteiger partial charge in [0.2, 0.25) is 5.91 Å². The number of sulfone groups is 1. The number of nitrogens with zero attached hydrogens (tertiary/aromatic N) is 3. The largest absolute Gasteiger partial charge is 0.386 e. The highest BCUT2D eigenvalue weighted by Gasteiger charge is 2.25. The van der Waals surface area contributed by atoms with Crippen LogP contribution in [0.3, 0.4) is 0 Å². The summed E-state index contributed by atoms with van der Waals surface area (Å²) >= 11 is 0. The maximum absolute atomic E-state index is 12.5. The van der Waals surface area contributed by atoms with Crippen LogP contribution < -0.4 is 0 Å². The molecule has 2 aromatic rings. The van der Waals surface area contributed by atoms with Crippen molar-refractivity contribution >= 4 is 15.7 Å². The van der Waals surface area contributed by atoms with Gasteiger partial charge in [0.25, 0.3) is 0 Å². The number of rotatable bonds is 6. The lowest BCUT2D eigenvalue weighted by Gasteiger charge is -2.27. The highest BCUT2D eigenvalue weighted by Crippen LogP contribution is 2.20. The van der Waals surface area contributed by atoms with E-state index in [-0.39, 0.29) is 11.7 Å². The molecule has 2 heterocycles. The molecule has 26 heavy (non-hydrogen) atoms. The van der Waals surface area contributed by atoms with Crippen molar-refractivity contribution in [3.63, 3.8) is 0 Å². The molecule has 1 aliphatic rings. The Morgan fingerprint density at radius 1 is 1.27 bits per heavy atom. The van der Waals surface area contributed by atoms with Crippen molar-refractivity contribution in [2.24, 2.45) is 0 Å². The maximum atomic E-state index is 12.5. The van der Waals surface area contributed by atoms with E-state index in [0.29, 0.717) is 38.2 Å². The molecule has 0 saturated heterocycles. The second-order valence-electron chi connectivity index (χ2n) is 6.69. The topological polar surface area (TPSA) is 92.5 Å². The smallest absolute Gasteiger partial charge is 0.223 e. The Morgan fingerprint density at radius 3 is 2.69 bits per heavy atom. The molecule has 1 aromatic heterocycles. The Kier molecular flexibility index (Phi) is 5.43. The van der Waals surface area contributed by atoms with Crippen LogP contribution in [-0.4, -0.2) is 52.7 Å². The summed E-state index contributed by atoms with van der Waals surface area (Å²) in [6, 6.07) is 11.6. The fourth-order valence-electron chi connectivity index (χ4n) is 3.09. The molecule has 0 fully saturated rings. The molecule has 8 heteroatoms. The SMILES string of the molecule is CS(=O)(=O)C[C@H](O)c1cc2n(n1)CCN(C(=O)CCc1ccccc1)C2. The number of benzene rings is 1. The molecule has 1 N–H and O–H groups in total. The van der Waals surface area contributed by atoms with Crippen LogP contribution in [0.15, 0.2) is 36.4 Å². The van der Waals surface area contributed by atoms with Gasteiger partial charge in [-0.05, 0) is 18.1 Å². The molecule has 140 valence electrons. The van der Waals surface area contributed by atoms with E-state index in [0.717, 1.165) is 17.5 Å². The molecular weight excluding hydrogens is 354 g/mol. The van der Waals surface area contributed by atoms with E-state index in [1.165, 1.54) is 0 Å². The number of aliphatic hydroxyl groups excluding tert-OH is 1. The molecule has 0 saturated carbocycles. The first kappa shape index (κ1) is 18.6. The summed E-state index contributed by atoms with van der Waals surface area (Å²) < 4.78 is 24.4. The van der Waals surface area contributed by atoms with Gasteiger partial charge in [-0.1, -0.05) is 30.3 Å². The number of carbonyl (C=O) groups is 1. The highest BCUT2D eigenvalue weighted by molar-refractivity contribution is 7.90. The van der Waals surface area contributed by atoms with Gasteiger partial charge in [-0.3, -0.25) is 9.48 Å². The van der Waals surface area contributed by atoms with Crippen LogP contribution in [0.2, 0.25) is 0 Å². The van der Waals surface area contributed by atoms with Gasteiger partial charge < -0.3 is 10.0 Å². The molecule has 0 spiro atoms. The van der Waals surface area contributed by atoms with E-state index < -0.39 is 15.9 Å². The first-order valence-electron chi connectivity index (χ1n) is 8.56. The number of carbonyl (C=O) groups excluding carboxylic acids is 1. The summed E-state index contributed by atoms with van der Waals surface area (Å²) in [6.07, 6.45) is 1.08. The van der Waals surface area contributed by atoms with Crippen molar-refractivity contribution in [1.82, 2.24) is 14.7 Å². The molecule has 0 radical (unpaired) electrons. The molecule has 0 unspecified atom stereocenters. The first-order chi connectivity index (χ1) is 12.3. The summed E-state index contributed by atoms with van der Waals surface area (Å²) in [5.41, 5.74) is 2.28. The maximum Gasteiger partial charge on any atom is 0.223 e. The van der Waals surface area contributed by atoms with E-state index >= 15 is 0 Å². The van der Waals surface area contributed by atoms with Crippen LogP contribution in [-0.2, 0) is 34.1 Å². The summed E-state index contributed by atoms with van der Waals surface area (Å²) in [6.45, 7) is 1.52. The lowest BCUT2D eigenvalue weighted by molar-refractivity contribution is -0.132. The van der Waals surface area contributed by atoms with E-state index in [4.69, 9.17) is 0 Å². The van der Waals surface area contributed by atoms with Crippen molar-refractivity contribution in [3.05, 3.63) is 53.3 Å². The monoisotopic (exact) mass is 377 g/mol. The second-order valence-corrected chi connectivity index (χ2v) is 8.88. The molecule has 1 atom stereocenters. The second kappa shape index (κ2) is 7.59. The first-order valence-corrected chi connectivity index (χ1v) is 10.6. The molecule has 3 rings (SSSR count). The van der Waals surface area contributed by atoms with Crippen LogP contribution in [0.1, 0.15) is 29.5 Å². The number of aromatic nitrogens is 2. The zero-order valence-corrected chi connectivity index (χ0v) is 15.5. The van der Waals surface area contributed by atoms with Gasteiger partial charge in [-0.25, -0.2) is 8.42 Å². The third kappa shape index (κ3) is 4.70. The minimum Gasteiger partial charge on any atom is -0.386 e. The molecule has 0 aliphatic carbocycles. The zero-order chi connectivity index (χ0) is 18.7. The number of amides is 1. The van der Waals surface area contributed by atoms with Crippen LogP contribution in [0.5, 0.6) is 0 Å². The number of hydrogen-bond acceptors (Lipinski definition) is 5. The summed E-state index contributed by atoms with van der Waals surface area (Å²) in [4.78, 5) is 14.3. The quantitative estimate of drug-likeness (QED) is 0.809. The minimum atomic E-state index is -3.29. The van der Waals surface area contributed by atoms with Crippen LogP contribution in [0.25, 0.3) is 0 Å². The van der Waals surface area contributed by atoms with Crippen molar-refractivity contribution in [2.75, 3.05) is 18.6 Å². The summed E-state index contributed by atoms with van der Waals surface area (Å²) in [5, 5.41) is 14.3. The van der Waals surface area contributed by atoms with Crippen LogP contribution >= 0.6 is 0 Å². The van der Waals surface area contributed by atoms with Gasteiger partial charge in [0.1, 0.15) is 15.9 Å². The van der Waals surface area contributed by atoms with Crippen molar-refractivity contribution < 1.29 is 18.3 Å². The molecule has 1 aliphatic heterocycles. The normalized spacial score (nSPS) is 15.5. The number of fused-ring (bicyclic) bond motifs is 1. The van der Waals surface area contributed by atoms with Crippen molar-refractivity contribution in [1.29, 1.82) is 0 Å². The third-order valence-electron chi connectivity index (χ3n) is 4.44. The zero-order valence-electron chi connectivity index (χ0n) is 14.7. The van der Waals surface area contributed by atoms with Crippen LogP contribution in [0, 0.1) is 0 Å². The molecule has 1 aromatic carbocycles. The lowest BCUT2D eigenvalue weighted by Crippen LogP contribution is -2.38. The molecule has 1 amide bonds. The minimum absolute atomic E-state index is 0.0829. The van der Waals surface area contributed by atoms with Gasteiger partial charge in [0.15, 0.2) is 0 Å². The fourth-order valence-corrected chi connectivity index (χ4v) is 3.83. The van der Waals surface area contributed by atoms with Gasteiger partial charge >= 0.3 is 0 Å². The summed E-state index contributed by atoms with van der Waals surface area (Å²) in [5.74, 6) is -0.275. The predicted molar refractivity (Wildman–Crippen MR) is 97.1 cm³/mol. The van der Waals surface area contributed by atoms with Crippen molar-refractivity contribution in [3.8, 4) is 0 Å². The number of hydrogen-bond donors (Lipinski definition) is 1. The average Bonchev–Trinajstić information content (AvgIpc) is 3.02. The molecule has 0 bridgehead atoms. The number of aryl methyl sites for hydroxylation is 1. The standard InChI is InChI=1S/C18H23N3O4S/c1-26(24,25)13-17(22)16-11-15-12-20(9-10-21(15)19-16)18(23)8-7-14-5-3-2-4-6-14/h2-6,11,17,22H,7-10,12-13H2,1H3/t17-/m0/s1. The van der Waals surface area contributed by atoms with Crippen LogP contribution in [0.4, 0.5) is 0 Å². The van der Waals surface area contributed by atoms with Gasteiger partial charge in [-0.2, -0.15) is 5.10 Å². The Balaban J connectivity index is 1.61. The van der Waals surface area contributed by atoms with E-state index in [2.05, 4.69) is 5.10 Å². The van der Waals surface area contributed by atoms with E-state index in [9.17, 15) is 18.3 Å². The average molecular weight is 377 g/mol. The van der Waals surface area contributed by atoms with Gasteiger partial charge in [0.05, 0.1) is 30.2 Å². The van der Waals surface area contributed by atoms with Crippen molar-refractivity contribution in [2.45, 2.75) is 32.0 Å². The molecular formula is C18H23N3O4S. The highest BCUT2D eigenvalue weighted by atomic mass is 32.2. The van der Waals surface area contributed by atoms with Gasteiger partial charge in [0, 0.05) is 19.2 Å². The Labute approximate surface area is 153 Å². The Hall–Kier alpha value is -2.19. The fraction of sp³-hybridized carbons (Fsp3) is 0.444. The van der Waals surface area contributed by atoms with E-state index in [1.54, 1.807) is 15.6 Å². The third-order valence-corrected chi connectivity index (χ3v) is 5.36. The number of aliphatic hydroxyl groups is 1. The molecule has 7 nitrogen and oxygen atoms in total. The van der Waals surface area contributed by atoms with E-state index in [1.807, 2.05) is 30.3 Å². The Bertz CT molecular complexity index is 877. The summed E-state index contributed by atoms with van der Waals surface area (Å²) in [7, 11) is -3.29. The lowest BCUT2D eigenvalue weighted by atomic mass is 10.1.